The number of carbonyl (C=O) groups is 2. The predicted molar refractivity (Wildman–Crippen MR) is 93.6 cm³/mol. The molecule has 0 atom stereocenters. The predicted octanol–water partition coefficient (Wildman–Crippen LogP) is 1.24. The van der Waals surface area contributed by atoms with E-state index < -0.39 is 18.5 Å². The van der Waals surface area contributed by atoms with Crippen molar-refractivity contribution >= 4 is 23.3 Å². The summed E-state index contributed by atoms with van der Waals surface area (Å²) in [6.45, 7) is 3.48. The van der Waals surface area contributed by atoms with Crippen molar-refractivity contribution < 1.29 is 19.4 Å². The Morgan fingerprint density at radius 3 is 2.64 bits per heavy atom. The van der Waals surface area contributed by atoms with Crippen molar-refractivity contribution in [1.29, 1.82) is 0 Å². The number of hydrogen-bond acceptors (Lipinski definition) is 6. The van der Waals surface area contributed by atoms with Gasteiger partial charge in [0.25, 0.3) is 5.91 Å². The molecule has 2 aromatic rings. The normalized spacial score (nSPS) is 10.4. The third-order valence-corrected chi connectivity index (χ3v) is 3.68. The van der Waals surface area contributed by atoms with Crippen molar-refractivity contribution in [2.75, 3.05) is 30.4 Å². The summed E-state index contributed by atoms with van der Waals surface area (Å²) in [5.41, 5.74) is 2.97. The van der Waals surface area contributed by atoms with Crippen LogP contribution in [0.15, 0.2) is 24.3 Å². The molecule has 0 aliphatic carbocycles. The van der Waals surface area contributed by atoms with Crippen LogP contribution in [-0.4, -0.2) is 46.5 Å². The number of para-hydroxylation sites is 1. The van der Waals surface area contributed by atoms with E-state index in [4.69, 9.17) is 9.84 Å². The highest BCUT2D eigenvalue weighted by atomic mass is 16.5. The molecule has 0 radical (unpaired) electrons. The Morgan fingerprint density at radius 2 is 2.00 bits per heavy atom. The lowest BCUT2D eigenvalue weighted by Crippen LogP contribution is -2.22. The lowest BCUT2D eigenvalue weighted by molar-refractivity contribution is -0.119. The molecule has 134 valence electrons. The molecule has 0 saturated carbocycles. The van der Waals surface area contributed by atoms with E-state index in [-0.39, 0.29) is 6.61 Å². The second-order valence-corrected chi connectivity index (χ2v) is 5.49. The number of ether oxygens (including phenoxy) is 1. The van der Waals surface area contributed by atoms with E-state index in [1.54, 1.807) is 42.9 Å². The van der Waals surface area contributed by atoms with Gasteiger partial charge in [0.05, 0.1) is 29.2 Å². The van der Waals surface area contributed by atoms with Crippen LogP contribution in [0.25, 0.3) is 0 Å². The maximum atomic E-state index is 12.2. The number of aliphatic hydroxyl groups excluding tert-OH is 1. The van der Waals surface area contributed by atoms with Gasteiger partial charge in [-0.3, -0.25) is 9.48 Å². The second kappa shape index (κ2) is 8.29. The zero-order valence-electron chi connectivity index (χ0n) is 14.5. The van der Waals surface area contributed by atoms with Crippen LogP contribution < -0.4 is 10.6 Å². The van der Waals surface area contributed by atoms with E-state index >= 15 is 0 Å². The van der Waals surface area contributed by atoms with Crippen LogP contribution >= 0.6 is 0 Å². The molecule has 3 N–H and O–H groups in total. The summed E-state index contributed by atoms with van der Waals surface area (Å²) < 4.78 is 6.76. The van der Waals surface area contributed by atoms with Gasteiger partial charge in [0, 0.05) is 19.3 Å². The summed E-state index contributed by atoms with van der Waals surface area (Å²) in [5.74, 6) is -1.05. The number of aliphatic hydroxyl groups is 1. The molecule has 8 heteroatoms. The van der Waals surface area contributed by atoms with Crippen molar-refractivity contribution in [2.45, 2.75) is 13.8 Å². The van der Waals surface area contributed by atoms with E-state index in [1.165, 1.54) is 0 Å². The molecule has 1 amide bonds. The van der Waals surface area contributed by atoms with Gasteiger partial charge in [-0.25, -0.2) is 4.79 Å². The first-order chi connectivity index (χ1) is 11.9. The smallest absolute Gasteiger partial charge is 0.340 e. The van der Waals surface area contributed by atoms with Gasteiger partial charge in [0.1, 0.15) is 0 Å². The Morgan fingerprint density at radius 1 is 1.28 bits per heavy atom. The van der Waals surface area contributed by atoms with Crippen LogP contribution in [0.3, 0.4) is 0 Å². The summed E-state index contributed by atoms with van der Waals surface area (Å²) in [6, 6.07) is 6.75. The minimum atomic E-state index is -0.615. The van der Waals surface area contributed by atoms with Crippen molar-refractivity contribution in [3.8, 4) is 0 Å². The number of nitrogens with zero attached hydrogens (tertiary/aromatic N) is 2. The van der Waals surface area contributed by atoms with Gasteiger partial charge < -0.3 is 20.5 Å². The Kier molecular flexibility index (Phi) is 6.13. The molecular weight excluding hydrogens is 324 g/mol. The van der Waals surface area contributed by atoms with E-state index in [1.807, 2.05) is 6.92 Å². The highest BCUT2D eigenvalue weighted by Gasteiger charge is 2.16. The van der Waals surface area contributed by atoms with E-state index in [0.717, 1.165) is 5.69 Å². The van der Waals surface area contributed by atoms with Crippen LogP contribution in [0.1, 0.15) is 21.7 Å². The number of rotatable bonds is 7. The lowest BCUT2D eigenvalue weighted by atomic mass is 10.2. The molecule has 0 aliphatic rings. The van der Waals surface area contributed by atoms with Crippen molar-refractivity contribution in [1.82, 2.24) is 9.78 Å². The molecule has 8 nitrogen and oxygen atoms in total. The molecule has 0 bridgehead atoms. The maximum Gasteiger partial charge on any atom is 0.340 e. The molecule has 25 heavy (non-hydrogen) atoms. The summed E-state index contributed by atoms with van der Waals surface area (Å²) in [5, 5.41) is 18.7. The zero-order chi connectivity index (χ0) is 18.4. The van der Waals surface area contributed by atoms with E-state index in [9.17, 15) is 9.59 Å². The fourth-order valence-corrected chi connectivity index (χ4v) is 2.34. The average Bonchev–Trinajstić information content (AvgIpc) is 2.84. The number of benzene rings is 1. The van der Waals surface area contributed by atoms with Crippen molar-refractivity contribution in [3.63, 3.8) is 0 Å². The lowest BCUT2D eigenvalue weighted by Gasteiger charge is -2.11. The van der Waals surface area contributed by atoms with Crippen LogP contribution in [-0.2, 0) is 16.6 Å². The molecular formula is C17H22N4O4. The van der Waals surface area contributed by atoms with Gasteiger partial charge in [-0.05, 0) is 26.0 Å². The maximum absolute atomic E-state index is 12.2. The van der Waals surface area contributed by atoms with Gasteiger partial charge in [-0.2, -0.15) is 5.10 Å². The largest absolute Gasteiger partial charge is 0.452 e. The van der Waals surface area contributed by atoms with Gasteiger partial charge >= 0.3 is 5.97 Å². The van der Waals surface area contributed by atoms with Crippen LogP contribution in [0.2, 0.25) is 0 Å². The van der Waals surface area contributed by atoms with Crippen LogP contribution in [0.4, 0.5) is 11.4 Å². The number of carbonyl (C=O) groups excluding carboxylic acids is 2. The number of anilines is 2. The molecule has 0 fully saturated rings. The fourth-order valence-electron chi connectivity index (χ4n) is 2.34. The monoisotopic (exact) mass is 346 g/mol. The molecule has 1 aromatic heterocycles. The molecule has 0 unspecified atom stereocenters. The molecule has 1 heterocycles. The van der Waals surface area contributed by atoms with Gasteiger partial charge in [-0.1, -0.05) is 12.1 Å². The van der Waals surface area contributed by atoms with E-state index in [2.05, 4.69) is 15.7 Å². The Bertz CT molecular complexity index is 770. The van der Waals surface area contributed by atoms with Gasteiger partial charge in [0.2, 0.25) is 0 Å². The highest BCUT2D eigenvalue weighted by molar-refractivity contribution is 5.98. The molecule has 2 rings (SSSR count). The zero-order valence-corrected chi connectivity index (χ0v) is 14.5. The SMILES string of the molecule is Cc1nn(C)c(C)c1NC(=O)COC(=O)c1ccccc1NCCO. The minimum Gasteiger partial charge on any atom is -0.452 e. The number of esters is 1. The summed E-state index contributed by atoms with van der Waals surface area (Å²) in [7, 11) is 1.79. The first-order valence-electron chi connectivity index (χ1n) is 7.85. The average molecular weight is 346 g/mol. The quantitative estimate of drug-likeness (QED) is 0.651. The number of aryl methyl sites for hydroxylation is 2. The summed E-state index contributed by atoms with van der Waals surface area (Å²) in [6.07, 6.45) is 0. The standard InChI is InChI=1S/C17H22N4O4/c1-11-16(12(2)21(3)20-11)19-15(23)10-25-17(24)13-6-4-5-7-14(13)18-8-9-22/h4-7,18,22H,8-10H2,1-3H3,(H,19,23). The van der Waals surface area contributed by atoms with E-state index in [0.29, 0.717) is 29.2 Å². The first kappa shape index (κ1) is 18.5. The first-order valence-corrected chi connectivity index (χ1v) is 7.85. The highest BCUT2D eigenvalue weighted by Crippen LogP contribution is 2.18. The number of amides is 1. The van der Waals surface area contributed by atoms with Gasteiger partial charge in [-0.15, -0.1) is 0 Å². The summed E-state index contributed by atoms with van der Waals surface area (Å²) >= 11 is 0. The van der Waals surface area contributed by atoms with Crippen LogP contribution in [0.5, 0.6) is 0 Å². The third-order valence-electron chi connectivity index (χ3n) is 3.68. The second-order valence-electron chi connectivity index (χ2n) is 5.49. The minimum absolute atomic E-state index is 0.0599. The Hall–Kier alpha value is -2.87. The van der Waals surface area contributed by atoms with Crippen LogP contribution in [0, 0.1) is 13.8 Å². The Labute approximate surface area is 145 Å². The van der Waals surface area contributed by atoms with Crippen molar-refractivity contribution in [3.05, 3.63) is 41.2 Å². The number of aromatic nitrogens is 2. The van der Waals surface area contributed by atoms with Gasteiger partial charge in [0.15, 0.2) is 6.61 Å². The molecule has 0 aliphatic heterocycles. The third kappa shape index (κ3) is 4.57. The molecule has 1 aromatic carbocycles. The number of hydrogen-bond donors (Lipinski definition) is 3. The topological polar surface area (TPSA) is 105 Å². The van der Waals surface area contributed by atoms with Crippen molar-refractivity contribution in [2.24, 2.45) is 7.05 Å². The molecule has 0 spiro atoms. The Balaban J connectivity index is 1.97. The molecule has 0 saturated heterocycles. The summed E-state index contributed by atoms with van der Waals surface area (Å²) in [4.78, 5) is 24.2. The number of nitrogens with one attached hydrogen (secondary N) is 2. The fraction of sp³-hybridized carbons (Fsp3) is 0.353.